The molecule has 0 bridgehead atoms. The molecule has 0 heterocycles. The molecule has 9 nitrogen and oxygen atoms in total. The van der Waals surface area contributed by atoms with Gasteiger partial charge in [-0.3, -0.25) is 14.3 Å². The number of rotatable bonds is 9. The third kappa shape index (κ3) is 5.54. The van der Waals surface area contributed by atoms with Gasteiger partial charge in [0.15, 0.2) is 0 Å². The van der Waals surface area contributed by atoms with Crippen LogP contribution in [0.5, 0.6) is 0 Å². The first-order chi connectivity index (χ1) is 17.3. The highest BCUT2D eigenvalue weighted by atomic mass is 35.5. The molecule has 1 saturated carbocycles. The Morgan fingerprint density at radius 1 is 0.946 bits per heavy atom. The zero-order valence-corrected chi connectivity index (χ0v) is 21.9. The van der Waals surface area contributed by atoms with Gasteiger partial charge in [-0.25, -0.2) is 16.8 Å². The van der Waals surface area contributed by atoms with Crippen molar-refractivity contribution in [3.63, 3.8) is 0 Å². The Hall–Kier alpha value is -3.25. The van der Waals surface area contributed by atoms with Crippen LogP contribution in [0.15, 0.2) is 83.8 Å². The fraction of sp³-hybridized carbons (Fsp3) is 0.200. The highest BCUT2D eigenvalue weighted by Gasteiger charge is 2.68. The number of nitrogens with zero attached hydrogens (tertiary/aromatic N) is 1. The molecule has 0 spiro atoms. The van der Waals surface area contributed by atoms with Crippen LogP contribution in [-0.2, 0) is 29.6 Å². The number of hydrogen-bond donors (Lipinski definition) is 2. The largest absolute Gasteiger partial charge is 0.480 e. The zero-order chi connectivity index (χ0) is 27.0. The van der Waals surface area contributed by atoms with Crippen LogP contribution in [0, 0.1) is 0 Å². The summed E-state index contributed by atoms with van der Waals surface area (Å²) in [7, 11) is -8.62. The van der Waals surface area contributed by atoms with Gasteiger partial charge in [0.1, 0.15) is 12.1 Å². The van der Waals surface area contributed by atoms with Gasteiger partial charge in [0, 0.05) is 10.9 Å². The van der Waals surface area contributed by atoms with E-state index in [0.717, 1.165) is 11.8 Å². The van der Waals surface area contributed by atoms with Crippen molar-refractivity contribution in [1.82, 2.24) is 9.03 Å². The fourth-order valence-electron chi connectivity index (χ4n) is 4.38. The Kier molecular flexibility index (Phi) is 7.17. The van der Waals surface area contributed by atoms with Gasteiger partial charge in [-0.2, -0.15) is 4.31 Å². The molecule has 0 aromatic heterocycles. The van der Waals surface area contributed by atoms with Crippen molar-refractivity contribution in [3.8, 4) is 11.1 Å². The van der Waals surface area contributed by atoms with Gasteiger partial charge in [0.05, 0.1) is 11.2 Å². The number of carboxylic acid groups (broad SMARTS) is 1. The molecule has 0 aliphatic heterocycles. The molecule has 1 aliphatic carbocycles. The molecule has 3 aromatic carbocycles. The summed E-state index contributed by atoms with van der Waals surface area (Å²) in [4.78, 5) is 24.9. The highest BCUT2D eigenvalue weighted by Crippen LogP contribution is 2.57. The van der Waals surface area contributed by atoms with Crippen LogP contribution in [0.2, 0.25) is 5.02 Å². The van der Waals surface area contributed by atoms with Gasteiger partial charge in [0.25, 0.3) is 5.91 Å². The van der Waals surface area contributed by atoms with Crippen molar-refractivity contribution in [2.24, 2.45) is 0 Å². The number of benzene rings is 3. The molecule has 2 atom stereocenters. The lowest BCUT2D eigenvalue weighted by Crippen LogP contribution is -2.55. The first-order valence-electron chi connectivity index (χ1n) is 11.0. The predicted molar refractivity (Wildman–Crippen MR) is 138 cm³/mol. The lowest BCUT2D eigenvalue weighted by atomic mass is 10.1. The van der Waals surface area contributed by atoms with E-state index in [1.165, 1.54) is 12.1 Å². The molecule has 0 radical (unpaired) electrons. The summed E-state index contributed by atoms with van der Waals surface area (Å²) in [6, 6.07) is 21.1. The van der Waals surface area contributed by atoms with Crippen LogP contribution in [0.4, 0.5) is 0 Å². The Bertz CT molecular complexity index is 1540. The lowest BCUT2D eigenvalue weighted by Gasteiger charge is -2.30. The summed E-state index contributed by atoms with van der Waals surface area (Å²) in [6.45, 7) is -1.04. The van der Waals surface area contributed by atoms with E-state index in [1.807, 2.05) is 4.72 Å². The topological polar surface area (TPSA) is 138 Å². The number of halogens is 1. The standard InChI is InChI=1S/C25H23ClN2O7S2/c1-36(32,33)27-24(31)25(15-22(25)19-5-3-2-4-6-19)28(16-23(29)30)37(34,35)21-13-9-18(10-14-21)17-7-11-20(26)12-8-17/h2-14,22H,15-16H2,1H3,(H,27,31)(H,29,30). The quantitative estimate of drug-likeness (QED) is 0.408. The molecule has 2 N–H and O–H groups in total. The van der Waals surface area contributed by atoms with Gasteiger partial charge in [-0.15, -0.1) is 0 Å². The number of hydrogen-bond acceptors (Lipinski definition) is 6. The smallest absolute Gasteiger partial charge is 0.318 e. The number of amides is 1. The monoisotopic (exact) mass is 562 g/mol. The average molecular weight is 563 g/mol. The Morgan fingerprint density at radius 2 is 1.49 bits per heavy atom. The molecule has 1 amide bonds. The summed E-state index contributed by atoms with van der Waals surface area (Å²) in [5.41, 5.74) is 0.107. The molecular weight excluding hydrogens is 540 g/mol. The Balaban J connectivity index is 1.78. The average Bonchev–Trinajstić information content (AvgIpc) is 3.59. The maximum Gasteiger partial charge on any atom is 0.318 e. The number of carbonyl (C=O) groups is 2. The van der Waals surface area contributed by atoms with Crippen LogP contribution >= 0.6 is 11.6 Å². The van der Waals surface area contributed by atoms with Crippen LogP contribution in [0.25, 0.3) is 11.1 Å². The van der Waals surface area contributed by atoms with E-state index in [4.69, 9.17) is 11.6 Å². The summed E-state index contributed by atoms with van der Waals surface area (Å²) >= 11 is 5.93. The minimum Gasteiger partial charge on any atom is -0.480 e. The number of carboxylic acids is 1. The van der Waals surface area contributed by atoms with Crippen molar-refractivity contribution in [2.45, 2.75) is 22.8 Å². The van der Waals surface area contributed by atoms with Crippen molar-refractivity contribution in [3.05, 3.63) is 89.4 Å². The van der Waals surface area contributed by atoms with E-state index in [2.05, 4.69) is 0 Å². The van der Waals surface area contributed by atoms with E-state index in [9.17, 15) is 31.5 Å². The molecule has 194 valence electrons. The van der Waals surface area contributed by atoms with Crippen LogP contribution in [0.1, 0.15) is 17.9 Å². The van der Waals surface area contributed by atoms with Gasteiger partial charge in [-0.05, 0) is 47.4 Å². The normalized spacial score (nSPS) is 19.4. The molecule has 1 aliphatic rings. The minimum absolute atomic E-state index is 0.0895. The summed E-state index contributed by atoms with van der Waals surface area (Å²) in [5, 5.41) is 10.1. The van der Waals surface area contributed by atoms with E-state index in [0.29, 0.717) is 20.5 Å². The molecule has 1 fully saturated rings. The van der Waals surface area contributed by atoms with Crippen molar-refractivity contribution >= 4 is 43.5 Å². The predicted octanol–water partition coefficient (Wildman–Crippen LogP) is 3.08. The molecule has 3 aromatic rings. The van der Waals surface area contributed by atoms with Crippen molar-refractivity contribution < 1.29 is 31.5 Å². The summed E-state index contributed by atoms with van der Waals surface area (Å²) < 4.78 is 53.9. The number of carbonyl (C=O) groups excluding carboxylic acids is 1. The fourth-order valence-corrected chi connectivity index (χ4v) is 6.75. The SMILES string of the molecule is CS(=O)(=O)NC(=O)C1(N(CC(=O)O)S(=O)(=O)c2ccc(-c3ccc(Cl)cc3)cc2)CC1c1ccccc1. The third-order valence-electron chi connectivity index (χ3n) is 6.15. The molecule has 4 rings (SSSR count). The first-order valence-corrected chi connectivity index (χ1v) is 14.7. The van der Waals surface area contributed by atoms with Gasteiger partial charge in [0.2, 0.25) is 20.0 Å². The zero-order valence-electron chi connectivity index (χ0n) is 19.5. The van der Waals surface area contributed by atoms with Gasteiger partial charge in [-0.1, -0.05) is 66.2 Å². The molecule has 12 heteroatoms. The van der Waals surface area contributed by atoms with E-state index in [-0.39, 0.29) is 11.3 Å². The summed E-state index contributed by atoms with van der Waals surface area (Å²) in [6.07, 6.45) is 0.678. The Morgan fingerprint density at radius 3 is 2.00 bits per heavy atom. The van der Waals surface area contributed by atoms with Crippen molar-refractivity contribution in [2.75, 3.05) is 12.8 Å². The van der Waals surface area contributed by atoms with Crippen molar-refractivity contribution in [1.29, 1.82) is 0 Å². The molecule has 37 heavy (non-hydrogen) atoms. The van der Waals surface area contributed by atoms with Crippen LogP contribution < -0.4 is 4.72 Å². The lowest BCUT2D eigenvalue weighted by molar-refractivity contribution is -0.138. The maximum absolute atomic E-state index is 13.8. The molecule has 0 saturated heterocycles. The molecular formula is C25H23ClN2O7S2. The second-order valence-electron chi connectivity index (χ2n) is 8.73. The molecule has 2 unspecified atom stereocenters. The maximum atomic E-state index is 13.8. The van der Waals surface area contributed by atoms with Gasteiger partial charge >= 0.3 is 5.97 Å². The Labute approximate surface area is 219 Å². The number of sulfonamides is 2. The first kappa shape index (κ1) is 26.8. The number of nitrogens with one attached hydrogen (secondary N) is 1. The minimum atomic E-state index is -4.56. The van der Waals surface area contributed by atoms with E-state index < -0.39 is 49.9 Å². The third-order valence-corrected chi connectivity index (χ3v) is 8.86. The van der Waals surface area contributed by atoms with Crippen LogP contribution in [0.3, 0.4) is 0 Å². The highest BCUT2D eigenvalue weighted by molar-refractivity contribution is 7.89. The second-order valence-corrected chi connectivity index (χ2v) is 12.8. The summed E-state index contributed by atoms with van der Waals surface area (Å²) in [5.74, 6) is -3.35. The number of aliphatic carboxylic acids is 1. The van der Waals surface area contributed by atoms with Crippen LogP contribution in [-0.4, -0.2) is 56.5 Å². The van der Waals surface area contributed by atoms with Gasteiger partial charge < -0.3 is 5.11 Å². The second kappa shape index (κ2) is 9.90. The van der Waals surface area contributed by atoms with E-state index in [1.54, 1.807) is 66.7 Å². The van der Waals surface area contributed by atoms with E-state index >= 15 is 0 Å².